The number of aromatic nitrogens is 3. The number of pyridine rings is 1. The van der Waals surface area contributed by atoms with Gasteiger partial charge in [0.15, 0.2) is 11.6 Å². The molecule has 0 aliphatic carbocycles. The van der Waals surface area contributed by atoms with Crippen molar-refractivity contribution in [3.8, 4) is 5.82 Å². The molecule has 4 rings (SSSR count). The summed E-state index contributed by atoms with van der Waals surface area (Å²) >= 11 is 0. The zero-order chi connectivity index (χ0) is 16.6. The van der Waals surface area contributed by atoms with Gasteiger partial charge >= 0.3 is 0 Å². The van der Waals surface area contributed by atoms with Gasteiger partial charge < -0.3 is 5.32 Å². The minimum Gasteiger partial charge on any atom is -0.317 e. The van der Waals surface area contributed by atoms with Crippen LogP contribution < -0.4 is 5.32 Å². The van der Waals surface area contributed by atoms with Crippen molar-refractivity contribution < 1.29 is 4.39 Å². The quantitative estimate of drug-likeness (QED) is 0.940. The van der Waals surface area contributed by atoms with E-state index in [1.807, 2.05) is 12.3 Å². The van der Waals surface area contributed by atoms with Crippen LogP contribution in [0.2, 0.25) is 0 Å². The molecule has 24 heavy (non-hydrogen) atoms. The summed E-state index contributed by atoms with van der Waals surface area (Å²) in [4.78, 5) is 7.03. The molecule has 128 valence electrons. The molecule has 2 aromatic heterocycles. The number of nitrogens with one attached hydrogen (secondary N) is 1. The molecule has 1 spiro atoms. The minimum absolute atomic E-state index is 0.349. The smallest absolute Gasteiger partial charge is 0.161 e. The number of halogens is 1. The van der Waals surface area contributed by atoms with Crippen LogP contribution in [0.1, 0.15) is 37.8 Å². The first-order chi connectivity index (χ1) is 11.7. The molecule has 0 aromatic carbocycles. The van der Waals surface area contributed by atoms with E-state index in [9.17, 15) is 4.39 Å². The van der Waals surface area contributed by atoms with Gasteiger partial charge in [0, 0.05) is 18.8 Å². The summed E-state index contributed by atoms with van der Waals surface area (Å²) in [5.41, 5.74) is 1.72. The van der Waals surface area contributed by atoms with E-state index in [-0.39, 0.29) is 5.82 Å². The normalized spacial score (nSPS) is 22.1. The summed E-state index contributed by atoms with van der Waals surface area (Å²) < 4.78 is 14.5. The largest absolute Gasteiger partial charge is 0.317 e. The van der Waals surface area contributed by atoms with Gasteiger partial charge in [-0.2, -0.15) is 5.10 Å². The fraction of sp³-hybridized carbons (Fsp3) is 0.556. The van der Waals surface area contributed by atoms with Gasteiger partial charge in [-0.3, -0.25) is 4.90 Å². The average molecular weight is 329 g/mol. The molecule has 0 saturated carbocycles. The van der Waals surface area contributed by atoms with Crippen molar-refractivity contribution in [3.05, 3.63) is 42.1 Å². The highest BCUT2D eigenvalue weighted by atomic mass is 19.1. The first kappa shape index (κ1) is 15.7. The van der Waals surface area contributed by atoms with Gasteiger partial charge in [-0.05, 0) is 62.9 Å². The maximum atomic E-state index is 13.1. The number of nitrogens with zero attached hydrogens (tertiary/aromatic N) is 4. The standard InChI is InChI=1S/C18H24FN5/c1-14(23-9-6-18(13-23)4-7-20-8-5-18)15-2-3-17(21-10-15)24-12-16(19)11-22-24/h2-3,10-12,14,20H,4-9,13H2,1H3/t14-/m0/s1. The summed E-state index contributed by atoms with van der Waals surface area (Å²) in [6, 6.07) is 4.35. The summed E-state index contributed by atoms with van der Waals surface area (Å²) in [7, 11) is 0. The molecule has 0 radical (unpaired) electrons. The lowest BCUT2D eigenvalue weighted by Crippen LogP contribution is -2.39. The van der Waals surface area contributed by atoms with Gasteiger partial charge in [0.05, 0.1) is 12.4 Å². The molecule has 4 heterocycles. The third kappa shape index (κ3) is 2.96. The second-order valence-electron chi connectivity index (χ2n) is 7.20. The molecule has 6 heteroatoms. The Labute approximate surface area is 141 Å². The van der Waals surface area contributed by atoms with Crippen LogP contribution in [0.3, 0.4) is 0 Å². The van der Waals surface area contributed by atoms with Crippen LogP contribution in [-0.2, 0) is 0 Å². The zero-order valence-corrected chi connectivity index (χ0v) is 14.1. The highest BCUT2D eigenvalue weighted by molar-refractivity contribution is 5.26. The third-order valence-electron chi connectivity index (χ3n) is 5.72. The second-order valence-corrected chi connectivity index (χ2v) is 7.20. The van der Waals surface area contributed by atoms with Crippen LogP contribution in [-0.4, -0.2) is 45.8 Å². The average Bonchev–Trinajstić information content (AvgIpc) is 3.22. The molecule has 0 amide bonds. The van der Waals surface area contributed by atoms with Crippen molar-refractivity contribution in [2.45, 2.75) is 32.2 Å². The van der Waals surface area contributed by atoms with Gasteiger partial charge in [0.25, 0.3) is 0 Å². The summed E-state index contributed by atoms with van der Waals surface area (Å²) in [6.07, 6.45) is 8.31. The van der Waals surface area contributed by atoms with Gasteiger partial charge in [0.1, 0.15) is 0 Å². The fourth-order valence-electron chi connectivity index (χ4n) is 4.08. The molecule has 2 aliphatic rings. The van der Waals surface area contributed by atoms with Crippen molar-refractivity contribution >= 4 is 0 Å². The van der Waals surface area contributed by atoms with Gasteiger partial charge in [-0.25, -0.2) is 14.1 Å². The highest BCUT2D eigenvalue weighted by Crippen LogP contribution is 2.41. The van der Waals surface area contributed by atoms with E-state index in [2.05, 4.69) is 33.3 Å². The first-order valence-corrected chi connectivity index (χ1v) is 8.77. The maximum absolute atomic E-state index is 13.1. The molecule has 1 N–H and O–H groups in total. The number of likely N-dealkylation sites (tertiary alicyclic amines) is 1. The second kappa shape index (κ2) is 6.26. The van der Waals surface area contributed by atoms with Crippen LogP contribution in [0.5, 0.6) is 0 Å². The summed E-state index contributed by atoms with van der Waals surface area (Å²) in [6.45, 7) is 6.90. The highest BCUT2D eigenvalue weighted by Gasteiger charge is 2.40. The minimum atomic E-state index is -0.349. The Hall–Kier alpha value is -1.79. The molecule has 2 aliphatic heterocycles. The molecule has 2 fully saturated rings. The van der Waals surface area contributed by atoms with Gasteiger partial charge in [-0.1, -0.05) is 6.07 Å². The Kier molecular flexibility index (Phi) is 4.10. The Morgan fingerprint density at radius 1 is 1.21 bits per heavy atom. The van der Waals surface area contributed by atoms with Crippen molar-refractivity contribution in [2.75, 3.05) is 26.2 Å². The molecular formula is C18H24FN5. The number of hydrogen-bond acceptors (Lipinski definition) is 4. The number of piperidine rings is 1. The third-order valence-corrected chi connectivity index (χ3v) is 5.72. The Morgan fingerprint density at radius 3 is 2.71 bits per heavy atom. The summed E-state index contributed by atoms with van der Waals surface area (Å²) in [5, 5.41) is 7.43. The zero-order valence-electron chi connectivity index (χ0n) is 14.1. The van der Waals surface area contributed by atoms with Crippen LogP contribution in [0.25, 0.3) is 5.82 Å². The van der Waals surface area contributed by atoms with Crippen molar-refractivity contribution in [2.24, 2.45) is 5.41 Å². The lowest BCUT2D eigenvalue weighted by Gasteiger charge is -2.35. The fourth-order valence-corrected chi connectivity index (χ4v) is 4.08. The molecule has 5 nitrogen and oxygen atoms in total. The predicted octanol–water partition coefficient (Wildman–Crippen LogP) is 2.54. The first-order valence-electron chi connectivity index (χ1n) is 8.77. The maximum Gasteiger partial charge on any atom is 0.161 e. The number of hydrogen-bond donors (Lipinski definition) is 1. The molecule has 0 bridgehead atoms. The van der Waals surface area contributed by atoms with Crippen LogP contribution in [0, 0.1) is 11.2 Å². The molecule has 2 aromatic rings. The predicted molar refractivity (Wildman–Crippen MR) is 90.5 cm³/mol. The van der Waals surface area contributed by atoms with E-state index in [4.69, 9.17) is 0 Å². The molecule has 0 unspecified atom stereocenters. The Balaban J connectivity index is 1.46. The van der Waals surface area contributed by atoms with Crippen molar-refractivity contribution in [1.82, 2.24) is 25.0 Å². The molecular weight excluding hydrogens is 305 g/mol. The summed E-state index contributed by atoms with van der Waals surface area (Å²) in [5.74, 6) is 0.296. The lowest BCUT2D eigenvalue weighted by atomic mass is 9.78. The van der Waals surface area contributed by atoms with E-state index >= 15 is 0 Å². The van der Waals surface area contributed by atoms with Crippen LogP contribution in [0.15, 0.2) is 30.7 Å². The monoisotopic (exact) mass is 329 g/mol. The Morgan fingerprint density at radius 2 is 2.04 bits per heavy atom. The lowest BCUT2D eigenvalue weighted by molar-refractivity contribution is 0.175. The van der Waals surface area contributed by atoms with Crippen molar-refractivity contribution in [3.63, 3.8) is 0 Å². The van der Waals surface area contributed by atoms with E-state index in [0.29, 0.717) is 17.3 Å². The van der Waals surface area contributed by atoms with Gasteiger partial charge in [0.2, 0.25) is 0 Å². The Bertz CT molecular complexity index is 690. The van der Waals surface area contributed by atoms with E-state index in [1.165, 1.54) is 48.4 Å². The van der Waals surface area contributed by atoms with Crippen LogP contribution >= 0.6 is 0 Å². The van der Waals surface area contributed by atoms with E-state index in [0.717, 1.165) is 19.6 Å². The van der Waals surface area contributed by atoms with Crippen LogP contribution in [0.4, 0.5) is 4.39 Å². The topological polar surface area (TPSA) is 46.0 Å². The van der Waals surface area contributed by atoms with E-state index in [1.54, 1.807) is 0 Å². The number of rotatable bonds is 3. The van der Waals surface area contributed by atoms with Gasteiger partial charge in [-0.15, -0.1) is 0 Å². The van der Waals surface area contributed by atoms with Crippen molar-refractivity contribution in [1.29, 1.82) is 0 Å². The van der Waals surface area contributed by atoms with E-state index < -0.39 is 0 Å². The SMILES string of the molecule is C[C@@H](c1ccc(-n2cc(F)cn2)nc1)N1CCC2(CCNCC2)C1. The molecule has 2 saturated heterocycles. The molecule has 1 atom stereocenters.